The maximum atomic E-state index is 5.89. The quantitative estimate of drug-likeness (QED) is 0.410. The number of aromatic nitrogens is 2. The Bertz CT molecular complexity index is 968. The number of para-hydroxylation sites is 2. The number of imidazole rings is 1. The second-order valence-corrected chi connectivity index (χ2v) is 5.62. The number of nitrogens with zero attached hydrogens (tertiary/aromatic N) is 2. The number of benzene rings is 2. The van der Waals surface area contributed by atoms with Crippen LogP contribution in [0.3, 0.4) is 0 Å². The normalized spacial score (nSPS) is 11.4. The molecular formula is C18H13ClN4O. The summed E-state index contributed by atoms with van der Waals surface area (Å²) in [7, 11) is 0. The predicted molar refractivity (Wildman–Crippen MR) is 96.5 cm³/mol. The zero-order valence-corrected chi connectivity index (χ0v) is 13.3. The van der Waals surface area contributed by atoms with Crippen LogP contribution < -0.4 is 5.43 Å². The van der Waals surface area contributed by atoms with E-state index in [-0.39, 0.29) is 0 Å². The van der Waals surface area contributed by atoms with Crippen LogP contribution >= 0.6 is 11.6 Å². The molecule has 2 heterocycles. The van der Waals surface area contributed by atoms with Gasteiger partial charge in [-0.3, -0.25) is 0 Å². The molecule has 0 bridgehead atoms. The van der Waals surface area contributed by atoms with Crippen molar-refractivity contribution >= 4 is 34.8 Å². The maximum absolute atomic E-state index is 5.89. The summed E-state index contributed by atoms with van der Waals surface area (Å²) in [5, 5.41) is 4.84. The third kappa shape index (κ3) is 3.02. The summed E-state index contributed by atoms with van der Waals surface area (Å²) in [6, 6.07) is 19.0. The molecular weight excluding hydrogens is 324 g/mol. The summed E-state index contributed by atoms with van der Waals surface area (Å²) in [6.07, 6.45) is 1.60. The highest BCUT2D eigenvalue weighted by atomic mass is 35.5. The molecule has 0 spiro atoms. The van der Waals surface area contributed by atoms with E-state index in [2.05, 4.69) is 20.5 Å². The van der Waals surface area contributed by atoms with Crippen molar-refractivity contribution < 1.29 is 4.42 Å². The minimum Gasteiger partial charge on any atom is -0.455 e. The van der Waals surface area contributed by atoms with Crippen molar-refractivity contribution in [1.82, 2.24) is 9.97 Å². The van der Waals surface area contributed by atoms with Crippen LogP contribution in [0.2, 0.25) is 5.02 Å². The standard InChI is InChI=1S/C18H13ClN4O/c19-13-7-5-12(6-8-13)17-10-9-14(24-17)11-20-23-18-21-15-3-1-2-4-16(15)22-18/h1-11H,(H2,21,22,23)/b20-11+. The van der Waals surface area contributed by atoms with Crippen molar-refractivity contribution in [3.8, 4) is 11.3 Å². The van der Waals surface area contributed by atoms with Crippen molar-refractivity contribution in [3.05, 3.63) is 71.4 Å². The molecule has 24 heavy (non-hydrogen) atoms. The lowest BCUT2D eigenvalue weighted by atomic mass is 10.2. The molecule has 0 aliphatic carbocycles. The highest BCUT2D eigenvalue weighted by molar-refractivity contribution is 6.30. The van der Waals surface area contributed by atoms with E-state index in [4.69, 9.17) is 16.0 Å². The molecule has 5 nitrogen and oxygen atoms in total. The predicted octanol–water partition coefficient (Wildman–Crippen LogP) is 4.92. The number of nitrogens with one attached hydrogen (secondary N) is 2. The van der Waals surface area contributed by atoms with Crippen LogP contribution in [0.25, 0.3) is 22.4 Å². The van der Waals surface area contributed by atoms with Crippen LogP contribution in [0.15, 0.2) is 70.2 Å². The fraction of sp³-hybridized carbons (Fsp3) is 0. The molecule has 4 aromatic rings. The number of aromatic amines is 1. The molecule has 0 radical (unpaired) electrons. The number of H-pyrrole nitrogens is 1. The van der Waals surface area contributed by atoms with Crippen molar-refractivity contribution in [3.63, 3.8) is 0 Å². The van der Waals surface area contributed by atoms with Crippen LogP contribution in [-0.2, 0) is 0 Å². The first-order valence-corrected chi connectivity index (χ1v) is 7.75. The van der Waals surface area contributed by atoms with E-state index in [1.54, 1.807) is 6.21 Å². The second kappa shape index (κ2) is 6.22. The van der Waals surface area contributed by atoms with Gasteiger partial charge in [0.2, 0.25) is 5.95 Å². The molecule has 2 aromatic heterocycles. The topological polar surface area (TPSA) is 66.2 Å². The number of hydrogen-bond acceptors (Lipinski definition) is 4. The fourth-order valence-electron chi connectivity index (χ4n) is 2.35. The SMILES string of the molecule is Clc1ccc(-c2ccc(/C=N/Nc3nc4ccccc4[nH]3)o2)cc1. The van der Waals surface area contributed by atoms with Gasteiger partial charge in [-0.25, -0.2) is 10.4 Å². The summed E-state index contributed by atoms with van der Waals surface area (Å²) in [4.78, 5) is 7.52. The zero-order chi connectivity index (χ0) is 16.4. The number of hydrogen-bond donors (Lipinski definition) is 2. The van der Waals surface area contributed by atoms with Gasteiger partial charge in [0.25, 0.3) is 0 Å². The van der Waals surface area contributed by atoms with Gasteiger partial charge in [-0.05, 0) is 48.5 Å². The number of hydrazone groups is 1. The summed E-state index contributed by atoms with van der Waals surface area (Å²) < 4.78 is 5.74. The Balaban J connectivity index is 1.47. The molecule has 4 rings (SSSR count). The molecule has 0 unspecified atom stereocenters. The molecule has 0 atom stereocenters. The molecule has 0 saturated heterocycles. The van der Waals surface area contributed by atoms with Gasteiger partial charge in [-0.1, -0.05) is 23.7 Å². The van der Waals surface area contributed by atoms with Gasteiger partial charge < -0.3 is 9.40 Å². The van der Waals surface area contributed by atoms with Crippen molar-refractivity contribution in [2.75, 3.05) is 5.43 Å². The summed E-state index contributed by atoms with van der Waals surface area (Å²) in [6.45, 7) is 0. The minimum absolute atomic E-state index is 0.580. The van der Waals surface area contributed by atoms with E-state index in [0.717, 1.165) is 22.4 Å². The first-order chi connectivity index (χ1) is 11.8. The van der Waals surface area contributed by atoms with Crippen LogP contribution in [-0.4, -0.2) is 16.2 Å². The van der Waals surface area contributed by atoms with Gasteiger partial charge in [0.05, 0.1) is 17.2 Å². The number of halogens is 1. The third-order valence-corrected chi connectivity index (χ3v) is 3.76. The summed E-state index contributed by atoms with van der Waals surface area (Å²) >= 11 is 5.89. The van der Waals surface area contributed by atoms with Crippen LogP contribution in [0.4, 0.5) is 5.95 Å². The summed E-state index contributed by atoms with van der Waals surface area (Å²) in [5.41, 5.74) is 5.67. The lowest BCUT2D eigenvalue weighted by molar-refractivity contribution is 0.575. The monoisotopic (exact) mass is 336 g/mol. The van der Waals surface area contributed by atoms with Crippen LogP contribution in [0.1, 0.15) is 5.76 Å². The molecule has 118 valence electrons. The highest BCUT2D eigenvalue weighted by Crippen LogP contribution is 2.23. The minimum atomic E-state index is 0.580. The first kappa shape index (κ1) is 14.5. The van der Waals surface area contributed by atoms with E-state index in [0.29, 0.717) is 16.7 Å². The van der Waals surface area contributed by atoms with E-state index < -0.39 is 0 Å². The van der Waals surface area contributed by atoms with E-state index in [1.165, 1.54) is 0 Å². The zero-order valence-electron chi connectivity index (χ0n) is 12.5. The molecule has 0 aliphatic heterocycles. The number of anilines is 1. The van der Waals surface area contributed by atoms with Crippen molar-refractivity contribution in [1.29, 1.82) is 0 Å². The Hall–Kier alpha value is -3.05. The maximum Gasteiger partial charge on any atom is 0.222 e. The smallest absolute Gasteiger partial charge is 0.222 e. The highest BCUT2D eigenvalue weighted by Gasteiger charge is 2.04. The first-order valence-electron chi connectivity index (χ1n) is 7.37. The third-order valence-electron chi connectivity index (χ3n) is 3.51. The number of furan rings is 1. The van der Waals surface area contributed by atoms with Gasteiger partial charge in [-0.15, -0.1) is 0 Å². The average Bonchev–Trinajstić information content (AvgIpc) is 3.22. The lowest BCUT2D eigenvalue weighted by Gasteiger charge is -1.96. The molecule has 0 amide bonds. The fourth-order valence-corrected chi connectivity index (χ4v) is 2.48. The number of rotatable bonds is 4. The molecule has 0 saturated carbocycles. The van der Waals surface area contributed by atoms with E-state index in [1.807, 2.05) is 60.7 Å². The second-order valence-electron chi connectivity index (χ2n) is 5.18. The average molecular weight is 337 g/mol. The van der Waals surface area contributed by atoms with Crippen LogP contribution in [0, 0.1) is 0 Å². The Labute approximate surface area is 143 Å². The Morgan fingerprint density at radius 3 is 2.71 bits per heavy atom. The molecule has 2 aromatic carbocycles. The van der Waals surface area contributed by atoms with Crippen molar-refractivity contribution in [2.24, 2.45) is 5.10 Å². The Kier molecular flexibility index (Phi) is 3.76. The molecule has 6 heteroatoms. The van der Waals surface area contributed by atoms with E-state index in [9.17, 15) is 0 Å². The molecule has 0 fully saturated rings. The molecule has 2 N–H and O–H groups in total. The number of fused-ring (bicyclic) bond motifs is 1. The van der Waals surface area contributed by atoms with Crippen LogP contribution in [0.5, 0.6) is 0 Å². The van der Waals surface area contributed by atoms with Gasteiger partial charge in [0.1, 0.15) is 11.5 Å². The largest absolute Gasteiger partial charge is 0.455 e. The van der Waals surface area contributed by atoms with Crippen molar-refractivity contribution in [2.45, 2.75) is 0 Å². The Morgan fingerprint density at radius 1 is 1.04 bits per heavy atom. The van der Waals surface area contributed by atoms with Gasteiger partial charge in [0, 0.05) is 10.6 Å². The molecule has 0 aliphatic rings. The van der Waals surface area contributed by atoms with Gasteiger partial charge in [0.15, 0.2) is 0 Å². The van der Waals surface area contributed by atoms with Gasteiger partial charge >= 0.3 is 0 Å². The van der Waals surface area contributed by atoms with E-state index >= 15 is 0 Å². The Morgan fingerprint density at radius 2 is 1.88 bits per heavy atom. The lowest BCUT2D eigenvalue weighted by Crippen LogP contribution is -1.91. The van der Waals surface area contributed by atoms with Gasteiger partial charge in [-0.2, -0.15) is 5.10 Å². The summed E-state index contributed by atoms with van der Waals surface area (Å²) in [5.74, 6) is 1.98.